The van der Waals surface area contributed by atoms with Gasteiger partial charge < -0.3 is 94.9 Å². The van der Waals surface area contributed by atoms with E-state index < -0.39 is 206 Å². The van der Waals surface area contributed by atoms with E-state index in [0.29, 0.717) is 18.1 Å². The van der Waals surface area contributed by atoms with Crippen LogP contribution >= 0.6 is 0 Å². The second-order valence-corrected chi connectivity index (χ2v) is 21.3. The van der Waals surface area contributed by atoms with Crippen molar-refractivity contribution in [1.82, 2.24) is 31.1 Å². The number of fused-ring (bicyclic) bond motifs is 6. The molecule has 7 aliphatic rings. The lowest BCUT2D eigenvalue weighted by molar-refractivity contribution is -0.294. The molecule has 15 atom stereocenters. The molecule has 30 nitrogen and oxygen atoms in total. The van der Waals surface area contributed by atoms with Crippen LogP contribution in [0, 0.1) is 5.92 Å². The smallest absolute Gasteiger partial charge is 0.335 e. The molecule has 4 saturated heterocycles. The number of aromatic hydroxyl groups is 2. The van der Waals surface area contributed by atoms with E-state index in [-0.39, 0.29) is 40.5 Å². The molecule has 83 heavy (non-hydrogen) atoms. The van der Waals surface area contributed by atoms with Crippen molar-refractivity contribution in [3.05, 3.63) is 63.7 Å². The molecule has 4 fully saturated rings. The summed E-state index contributed by atoms with van der Waals surface area (Å²) >= 11 is 0. The average molecular weight is 1170 g/mol. The van der Waals surface area contributed by atoms with Gasteiger partial charge in [-0.25, -0.2) is 4.79 Å². The van der Waals surface area contributed by atoms with Crippen LogP contribution in [0.1, 0.15) is 82.7 Å². The Morgan fingerprint density at radius 3 is 2.22 bits per heavy atom. The Kier molecular flexibility index (Phi) is 17.7. The minimum Gasteiger partial charge on any atom is -0.507 e. The zero-order valence-corrected chi connectivity index (χ0v) is 45.4. The Hall–Kier alpha value is -7.07. The van der Waals surface area contributed by atoms with E-state index in [1.165, 1.54) is 46.3 Å². The third-order valence-corrected chi connectivity index (χ3v) is 15.7. The average Bonchev–Trinajstić information content (AvgIpc) is 1.71. The molecule has 5 heterocycles. The van der Waals surface area contributed by atoms with Gasteiger partial charge in [-0.15, -0.1) is 0 Å². The third kappa shape index (κ3) is 11.5. The van der Waals surface area contributed by atoms with Gasteiger partial charge in [0.05, 0.1) is 49.2 Å². The van der Waals surface area contributed by atoms with Crippen LogP contribution in [-0.2, 0) is 73.1 Å². The number of aliphatic carboxylic acids is 1. The van der Waals surface area contributed by atoms with Crippen molar-refractivity contribution in [3.8, 4) is 17.2 Å². The number of carboxylic acids is 1. The van der Waals surface area contributed by atoms with Gasteiger partial charge in [0.2, 0.25) is 23.5 Å². The summed E-state index contributed by atoms with van der Waals surface area (Å²) in [5.74, 6) is -11.5. The van der Waals surface area contributed by atoms with Crippen LogP contribution in [-0.4, -0.2) is 238 Å². The first-order valence-electron chi connectivity index (χ1n) is 26.6. The van der Waals surface area contributed by atoms with Crippen LogP contribution in [0.15, 0.2) is 30.4 Å². The summed E-state index contributed by atoms with van der Waals surface area (Å²) < 4.78 is 46.6. The lowest BCUT2D eigenvalue weighted by atomic mass is 9.72. The van der Waals surface area contributed by atoms with Gasteiger partial charge in [0.25, 0.3) is 17.7 Å². The van der Waals surface area contributed by atoms with Gasteiger partial charge in [-0.3, -0.25) is 48.2 Å². The van der Waals surface area contributed by atoms with E-state index in [1.54, 1.807) is 6.92 Å². The summed E-state index contributed by atoms with van der Waals surface area (Å²) in [5.41, 5.74) is -4.56. The Balaban J connectivity index is 0.939. The summed E-state index contributed by atoms with van der Waals surface area (Å²) in [6.07, 6.45) is -14.9. The molecular weight excluding hydrogens is 1100 g/mol. The highest BCUT2D eigenvalue weighted by molar-refractivity contribution is 6.31. The summed E-state index contributed by atoms with van der Waals surface area (Å²) in [6, 6.07) is 0.651. The number of benzene rings is 2. The first kappa shape index (κ1) is 60.5. The van der Waals surface area contributed by atoms with Gasteiger partial charge in [0.15, 0.2) is 37.0 Å². The molecule has 2 aromatic rings. The Morgan fingerprint density at radius 1 is 0.843 bits per heavy atom. The summed E-state index contributed by atoms with van der Waals surface area (Å²) in [4.78, 5) is 123. The number of carboxylic acid groups (broad SMARTS) is 1. The number of phenols is 2. The van der Waals surface area contributed by atoms with Crippen LogP contribution in [0.5, 0.6) is 17.2 Å². The number of morpholine rings is 1. The largest absolute Gasteiger partial charge is 0.507 e. The molecule has 2 aliphatic carbocycles. The number of amides is 6. The van der Waals surface area contributed by atoms with Gasteiger partial charge in [-0.2, -0.15) is 0 Å². The predicted molar refractivity (Wildman–Crippen MR) is 272 cm³/mol. The molecule has 0 bridgehead atoms. The first-order valence-corrected chi connectivity index (χ1v) is 26.6. The van der Waals surface area contributed by atoms with Crippen LogP contribution < -0.4 is 26.0 Å². The molecule has 450 valence electrons. The van der Waals surface area contributed by atoms with Gasteiger partial charge in [0, 0.05) is 80.9 Å². The maximum atomic E-state index is 14.4. The van der Waals surface area contributed by atoms with Gasteiger partial charge in [-0.1, -0.05) is 26.0 Å². The number of aliphatic hydroxyl groups excluding tert-OH is 3. The number of ether oxygens (including phenoxy) is 8. The standard InChI is InChI=1S/C53H64N6O24/c1-20(2)36(57-28(60)18-59-29(61)9-10-30(59)62)47(71)56-24(19-79-50-43(69)41(67)42(68)45(83-50)49(72)73)46(70)54-11-12-55-52(74)53(75)16-23-33(40(66)35-34(38(23)64)37(63)22-7-6-8-26(76-4)32(22)39(35)65)27(17-53)81-31-15-25-44(21(3)80-31)82-48-51(77-5)78-14-13-58(25)48/h6-10,20-21,24-25,27,31,36,41-45,48,50-51,64,66-69,75H,11-19H2,1-5H3,(H,54,70)(H,55,74)(H,56,71)(H,57,60)(H,72,73)/t21-,24-,25-,27-,31-,36-,41-,42-,43+,44+,45-,48+,50+,51-,53-/m0/s1. The summed E-state index contributed by atoms with van der Waals surface area (Å²) in [6.45, 7) is 2.91. The minimum atomic E-state index is -2.54. The minimum absolute atomic E-state index is 0.0150. The van der Waals surface area contributed by atoms with Crippen molar-refractivity contribution >= 4 is 53.0 Å². The molecule has 5 aliphatic heterocycles. The van der Waals surface area contributed by atoms with Crippen molar-refractivity contribution in [2.24, 2.45) is 5.92 Å². The van der Waals surface area contributed by atoms with Crippen LogP contribution in [0.2, 0.25) is 0 Å². The number of nitrogens with one attached hydrogen (secondary N) is 4. The van der Waals surface area contributed by atoms with Gasteiger partial charge >= 0.3 is 5.97 Å². The zero-order chi connectivity index (χ0) is 60.1. The van der Waals surface area contributed by atoms with Gasteiger partial charge in [-0.05, 0) is 18.9 Å². The number of carbonyl (C=O) groups excluding carboxylic acids is 8. The van der Waals surface area contributed by atoms with E-state index in [4.69, 9.17) is 37.9 Å². The number of ketones is 2. The summed E-state index contributed by atoms with van der Waals surface area (Å²) in [5, 5.41) is 87.3. The van der Waals surface area contributed by atoms with E-state index in [2.05, 4.69) is 21.3 Å². The zero-order valence-electron chi connectivity index (χ0n) is 45.4. The Morgan fingerprint density at radius 2 is 1.54 bits per heavy atom. The first-order chi connectivity index (χ1) is 39.4. The number of phenolic OH excluding ortho intramolecular Hbond substituents is 2. The van der Waals surface area contributed by atoms with E-state index in [9.17, 15) is 78.9 Å². The maximum Gasteiger partial charge on any atom is 0.335 e. The van der Waals surface area contributed by atoms with E-state index in [0.717, 1.165) is 12.2 Å². The number of hydrogen-bond acceptors (Lipinski definition) is 24. The Bertz CT molecular complexity index is 2970. The predicted octanol–water partition coefficient (Wildman–Crippen LogP) is -4.16. The molecule has 2 aromatic carbocycles. The van der Waals surface area contributed by atoms with Crippen molar-refractivity contribution in [2.75, 3.05) is 53.6 Å². The SMILES string of the molecule is COc1cccc2c1C(=O)c1c(O)c3c(c(O)c1C2=O)C[C@@](O)(C(=O)NCCNC(=O)[C@H](CO[C@@H]1O[C@H](C(=O)O)[C@@H](O)[C@H](O)[C@H]1O)NC(=O)[C@@H](NC(=O)CN1C(=O)C=CC1=O)C(C)C)C[C@@H]3O[C@H]1C[C@H]2[C@H](O[C@@H]3[C@@H](OC)OCCN32)[C@H](C)O1. The highest BCUT2D eigenvalue weighted by Crippen LogP contribution is 2.53. The molecule has 9 rings (SSSR count). The molecule has 6 amide bonds. The lowest BCUT2D eigenvalue weighted by Crippen LogP contribution is -2.62. The number of rotatable bonds is 19. The normalized spacial score (nSPS) is 30.8. The number of hydrogen-bond donors (Lipinski definition) is 11. The Labute approximate surface area is 471 Å². The highest BCUT2D eigenvalue weighted by atomic mass is 16.7. The van der Waals surface area contributed by atoms with E-state index in [1.807, 2.05) is 4.90 Å². The molecule has 11 N–H and O–H groups in total. The lowest BCUT2D eigenvalue weighted by Gasteiger charge is -2.43. The maximum absolute atomic E-state index is 14.4. The molecular formula is C53H64N6O24. The molecule has 0 aromatic heterocycles. The van der Waals surface area contributed by atoms with Crippen molar-refractivity contribution in [2.45, 2.75) is 132 Å². The number of aliphatic hydroxyl groups is 4. The fourth-order valence-corrected chi connectivity index (χ4v) is 11.5. The number of carbonyl (C=O) groups is 9. The molecule has 0 saturated carbocycles. The second kappa shape index (κ2) is 24.3. The fraction of sp³-hybridized carbons (Fsp3) is 0.566. The molecule has 0 unspecified atom stereocenters. The van der Waals surface area contributed by atoms with Gasteiger partial charge in [0.1, 0.15) is 65.9 Å². The molecule has 0 radical (unpaired) electrons. The van der Waals surface area contributed by atoms with Crippen LogP contribution in [0.25, 0.3) is 0 Å². The number of methoxy groups -OCH3 is 2. The molecule has 0 spiro atoms. The van der Waals surface area contributed by atoms with Crippen molar-refractivity contribution in [1.29, 1.82) is 0 Å². The quantitative estimate of drug-likeness (QED) is 0.0308. The second-order valence-electron chi connectivity index (χ2n) is 21.3. The van der Waals surface area contributed by atoms with Crippen LogP contribution in [0.4, 0.5) is 0 Å². The van der Waals surface area contributed by atoms with E-state index >= 15 is 0 Å². The summed E-state index contributed by atoms with van der Waals surface area (Å²) in [7, 11) is 2.77. The third-order valence-electron chi connectivity index (χ3n) is 15.7. The number of nitrogens with zero attached hydrogens (tertiary/aromatic N) is 2. The highest BCUT2D eigenvalue weighted by Gasteiger charge is 2.56. The van der Waals surface area contributed by atoms with Crippen molar-refractivity contribution in [3.63, 3.8) is 0 Å². The topological polar surface area (TPSA) is 424 Å². The fourth-order valence-electron chi connectivity index (χ4n) is 11.5. The van der Waals surface area contributed by atoms with Crippen molar-refractivity contribution < 1.29 is 117 Å². The molecule has 30 heteroatoms. The monoisotopic (exact) mass is 1170 g/mol. The number of imide groups is 1. The van der Waals surface area contributed by atoms with Crippen LogP contribution in [0.3, 0.4) is 0 Å².